The highest BCUT2D eigenvalue weighted by Gasteiger charge is 2.11. The summed E-state index contributed by atoms with van der Waals surface area (Å²) in [5.74, 6) is 0.711. The van der Waals surface area contributed by atoms with Crippen molar-refractivity contribution >= 4 is 11.6 Å². The fourth-order valence-corrected chi connectivity index (χ4v) is 2.08. The fourth-order valence-electron chi connectivity index (χ4n) is 2.08. The summed E-state index contributed by atoms with van der Waals surface area (Å²) in [5, 5.41) is 0. The molecule has 0 saturated carbocycles. The molecule has 3 nitrogen and oxygen atoms in total. The van der Waals surface area contributed by atoms with Crippen LogP contribution in [0.25, 0.3) is 0 Å². The predicted molar refractivity (Wildman–Crippen MR) is 80.8 cm³/mol. The first-order valence-corrected chi connectivity index (χ1v) is 6.57. The average molecular weight is 261 g/mol. The lowest BCUT2D eigenvalue weighted by molar-refractivity contribution is 0.911. The Balaban J connectivity index is 1.96. The molecule has 3 heteroatoms. The highest BCUT2D eigenvalue weighted by molar-refractivity contribution is 5.57. The van der Waals surface area contributed by atoms with Crippen molar-refractivity contribution < 1.29 is 0 Å². The lowest BCUT2D eigenvalue weighted by atomic mass is 10.2. The third-order valence-electron chi connectivity index (χ3n) is 3.04. The van der Waals surface area contributed by atoms with Crippen molar-refractivity contribution in [3.05, 3.63) is 84.7 Å². The maximum absolute atomic E-state index is 4.37. The Kier molecular flexibility index (Phi) is 3.69. The van der Waals surface area contributed by atoms with Crippen LogP contribution in [-0.2, 0) is 6.54 Å². The van der Waals surface area contributed by atoms with E-state index in [1.54, 1.807) is 12.4 Å². The van der Waals surface area contributed by atoms with Crippen LogP contribution in [0.4, 0.5) is 11.6 Å². The molecule has 3 aromatic rings. The number of hydrogen-bond donors (Lipinski definition) is 0. The van der Waals surface area contributed by atoms with Crippen molar-refractivity contribution in [2.75, 3.05) is 4.90 Å². The van der Waals surface area contributed by atoms with Gasteiger partial charge in [-0.25, -0.2) is 9.97 Å². The maximum atomic E-state index is 4.37. The standard InChI is InChI=1S/C17H15N3/c1-3-8-15(9-4-1)14-20(16-10-5-2-6-11-16)17-18-12-7-13-19-17/h1-13H,14H2. The summed E-state index contributed by atoms with van der Waals surface area (Å²) in [4.78, 5) is 10.8. The molecule has 1 aromatic heterocycles. The van der Waals surface area contributed by atoms with Gasteiger partial charge in [0.25, 0.3) is 0 Å². The number of aromatic nitrogens is 2. The molecule has 0 aliphatic heterocycles. The molecule has 1 heterocycles. The number of para-hydroxylation sites is 1. The molecule has 0 amide bonds. The molecule has 0 radical (unpaired) electrons. The van der Waals surface area contributed by atoms with Gasteiger partial charge in [-0.2, -0.15) is 0 Å². The largest absolute Gasteiger partial charge is 0.306 e. The number of rotatable bonds is 4. The second-order valence-electron chi connectivity index (χ2n) is 4.46. The van der Waals surface area contributed by atoms with Gasteiger partial charge in [0.1, 0.15) is 0 Å². The van der Waals surface area contributed by atoms with E-state index < -0.39 is 0 Å². The van der Waals surface area contributed by atoms with Gasteiger partial charge < -0.3 is 4.90 Å². The molecule has 0 N–H and O–H groups in total. The van der Waals surface area contributed by atoms with Gasteiger partial charge in [-0.15, -0.1) is 0 Å². The second-order valence-corrected chi connectivity index (χ2v) is 4.46. The van der Waals surface area contributed by atoms with E-state index in [4.69, 9.17) is 0 Å². The molecule has 0 spiro atoms. The van der Waals surface area contributed by atoms with Crippen LogP contribution in [0.2, 0.25) is 0 Å². The highest BCUT2D eigenvalue weighted by Crippen LogP contribution is 2.23. The van der Waals surface area contributed by atoms with Gasteiger partial charge >= 0.3 is 0 Å². The van der Waals surface area contributed by atoms with E-state index >= 15 is 0 Å². The van der Waals surface area contributed by atoms with Gasteiger partial charge in [-0.3, -0.25) is 0 Å². The van der Waals surface area contributed by atoms with Gasteiger partial charge in [-0.05, 0) is 23.8 Å². The van der Waals surface area contributed by atoms with Crippen LogP contribution in [0.1, 0.15) is 5.56 Å². The van der Waals surface area contributed by atoms with E-state index in [0.717, 1.165) is 12.2 Å². The SMILES string of the molecule is c1ccc(CN(c2ccccc2)c2ncccn2)cc1. The summed E-state index contributed by atoms with van der Waals surface area (Å²) in [7, 11) is 0. The molecule has 2 aromatic carbocycles. The van der Waals surface area contributed by atoms with Crippen LogP contribution in [-0.4, -0.2) is 9.97 Å². The van der Waals surface area contributed by atoms with Crippen molar-refractivity contribution in [2.24, 2.45) is 0 Å². The Morgan fingerprint density at radius 1 is 0.700 bits per heavy atom. The van der Waals surface area contributed by atoms with Crippen molar-refractivity contribution in [1.82, 2.24) is 9.97 Å². The van der Waals surface area contributed by atoms with E-state index in [9.17, 15) is 0 Å². The van der Waals surface area contributed by atoms with Crippen LogP contribution in [0.3, 0.4) is 0 Å². The molecular weight excluding hydrogens is 246 g/mol. The number of benzene rings is 2. The van der Waals surface area contributed by atoms with Crippen LogP contribution < -0.4 is 4.90 Å². The molecule has 0 bridgehead atoms. The third-order valence-corrected chi connectivity index (χ3v) is 3.04. The topological polar surface area (TPSA) is 29.0 Å². The molecule has 0 unspecified atom stereocenters. The first-order valence-electron chi connectivity index (χ1n) is 6.57. The molecule has 3 rings (SSSR count). The maximum Gasteiger partial charge on any atom is 0.230 e. The highest BCUT2D eigenvalue weighted by atomic mass is 15.2. The van der Waals surface area contributed by atoms with Crippen LogP contribution >= 0.6 is 0 Å². The summed E-state index contributed by atoms with van der Waals surface area (Å²) in [5.41, 5.74) is 2.31. The first kappa shape index (κ1) is 12.4. The summed E-state index contributed by atoms with van der Waals surface area (Å²) in [6.45, 7) is 0.745. The monoisotopic (exact) mass is 261 g/mol. The minimum Gasteiger partial charge on any atom is -0.306 e. The molecule has 0 saturated heterocycles. The average Bonchev–Trinajstić information content (AvgIpc) is 2.55. The van der Waals surface area contributed by atoms with Crippen LogP contribution in [0, 0.1) is 0 Å². The van der Waals surface area contributed by atoms with Crippen molar-refractivity contribution in [1.29, 1.82) is 0 Å². The lowest BCUT2D eigenvalue weighted by Crippen LogP contribution is -2.18. The van der Waals surface area contributed by atoms with Gasteiger partial charge in [0.15, 0.2) is 0 Å². The smallest absolute Gasteiger partial charge is 0.230 e. The summed E-state index contributed by atoms with van der Waals surface area (Å²) in [6, 6.07) is 22.4. The Labute approximate surface area is 118 Å². The zero-order valence-corrected chi connectivity index (χ0v) is 11.1. The van der Waals surface area contributed by atoms with Crippen LogP contribution in [0.15, 0.2) is 79.1 Å². The van der Waals surface area contributed by atoms with E-state index in [-0.39, 0.29) is 0 Å². The molecule has 0 fully saturated rings. The number of anilines is 2. The van der Waals surface area contributed by atoms with E-state index in [2.05, 4.69) is 39.1 Å². The lowest BCUT2D eigenvalue weighted by Gasteiger charge is -2.22. The Bertz CT molecular complexity index is 599. The zero-order valence-electron chi connectivity index (χ0n) is 11.1. The molecule has 98 valence electrons. The number of hydrogen-bond acceptors (Lipinski definition) is 3. The first-order chi connectivity index (χ1) is 9.93. The third kappa shape index (κ3) is 2.83. The van der Waals surface area contributed by atoms with Gasteiger partial charge in [0.2, 0.25) is 5.95 Å². The van der Waals surface area contributed by atoms with Crippen molar-refractivity contribution in [2.45, 2.75) is 6.54 Å². The summed E-state index contributed by atoms with van der Waals surface area (Å²) >= 11 is 0. The fraction of sp³-hybridized carbons (Fsp3) is 0.0588. The van der Waals surface area contributed by atoms with Gasteiger partial charge in [-0.1, -0.05) is 48.5 Å². The summed E-state index contributed by atoms with van der Waals surface area (Å²) < 4.78 is 0. The molecule has 0 atom stereocenters. The van der Waals surface area contributed by atoms with Crippen molar-refractivity contribution in [3.8, 4) is 0 Å². The Hall–Kier alpha value is -2.68. The predicted octanol–water partition coefficient (Wildman–Crippen LogP) is 3.81. The van der Waals surface area contributed by atoms with Gasteiger partial charge in [0, 0.05) is 18.1 Å². The quantitative estimate of drug-likeness (QED) is 0.715. The molecule has 0 aliphatic rings. The normalized spacial score (nSPS) is 10.2. The number of nitrogens with zero attached hydrogens (tertiary/aromatic N) is 3. The van der Waals surface area contributed by atoms with E-state index in [1.165, 1.54) is 5.56 Å². The molecule has 0 aliphatic carbocycles. The van der Waals surface area contributed by atoms with Crippen molar-refractivity contribution in [3.63, 3.8) is 0 Å². The Morgan fingerprint density at radius 2 is 1.30 bits per heavy atom. The summed E-state index contributed by atoms with van der Waals surface area (Å²) in [6.07, 6.45) is 3.53. The molecule has 20 heavy (non-hydrogen) atoms. The second kappa shape index (κ2) is 5.97. The minimum absolute atomic E-state index is 0.711. The van der Waals surface area contributed by atoms with Gasteiger partial charge in [0.05, 0.1) is 6.54 Å². The van der Waals surface area contributed by atoms with Crippen LogP contribution in [0.5, 0.6) is 0 Å². The zero-order chi connectivity index (χ0) is 13.6. The minimum atomic E-state index is 0.711. The molecular formula is C17H15N3. The van der Waals surface area contributed by atoms with E-state index in [1.807, 2.05) is 42.5 Å². The Morgan fingerprint density at radius 3 is 1.95 bits per heavy atom. The van der Waals surface area contributed by atoms with E-state index in [0.29, 0.717) is 5.95 Å².